The summed E-state index contributed by atoms with van der Waals surface area (Å²) < 4.78 is 35.5. The van der Waals surface area contributed by atoms with E-state index in [4.69, 9.17) is 4.74 Å². The third kappa shape index (κ3) is 5.04. The van der Waals surface area contributed by atoms with E-state index < -0.39 is 11.5 Å². The highest BCUT2D eigenvalue weighted by Gasteiger charge is 2.36. The Morgan fingerprint density at radius 1 is 1.16 bits per heavy atom. The average Bonchev–Trinajstić information content (AvgIpc) is 3.23. The molecule has 1 fully saturated rings. The fourth-order valence-corrected chi connectivity index (χ4v) is 4.81. The first-order chi connectivity index (χ1) is 15.0. The Morgan fingerprint density at radius 3 is 2.44 bits per heavy atom. The van der Waals surface area contributed by atoms with E-state index in [1.54, 1.807) is 39.2 Å². The van der Waals surface area contributed by atoms with E-state index in [9.17, 15) is 18.7 Å². The number of hydrogen-bond donors (Lipinski definition) is 1. The van der Waals surface area contributed by atoms with Gasteiger partial charge in [-0.2, -0.15) is 0 Å². The fraction of sp³-hybridized carbons (Fsp3) is 0.480. The lowest BCUT2D eigenvalue weighted by atomic mass is 9.92. The van der Waals surface area contributed by atoms with Crippen molar-refractivity contribution < 1.29 is 18.6 Å². The molecule has 1 aromatic carbocycles. The third-order valence-corrected chi connectivity index (χ3v) is 6.63. The van der Waals surface area contributed by atoms with Crippen molar-refractivity contribution in [2.24, 2.45) is 7.05 Å². The summed E-state index contributed by atoms with van der Waals surface area (Å²) in [6, 6.07) is 7.35. The minimum absolute atomic E-state index is 0.0700. The van der Waals surface area contributed by atoms with Crippen LogP contribution in [0.1, 0.15) is 58.9 Å². The van der Waals surface area contributed by atoms with E-state index in [2.05, 4.69) is 0 Å². The molecule has 0 unspecified atom stereocenters. The predicted molar refractivity (Wildman–Crippen MR) is 127 cm³/mol. The SMILES string of the molecule is CC.Cn1cc(-c2cc(C(C)(C)O)ccc2OC2CCC(F)(F)CC2)c2ccsc2c1=O. The van der Waals surface area contributed by atoms with Gasteiger partial charge in [-0.15, -0.1) is 11.3 Å². The molecule has 4 nitrogen and oxygen atoms in total. The second-order valence-electron chi connectivity index (χ2n) is 8.57. The molecule has 0 aliphatic heterocycles. The van der Waals surface area contributed by atoms with Crippen LogP contribution < -0.4 is 10.3 Å². The highest BCUT2D eigenvalue weighted by Crippen LogP contribution is 2.41. The summed E-state index contributed by atoms with van der Waals surface area (Å²) >= 11 is 1.38. The molecule has 174 valence electrons. The Morgan fingerprint density at radius 2 is 1.81 bits per heavy atom. The molecular weight excluding hydrogens is 432 g/mol. The van der Waals surface area contributed by atoms with Crippen molar-refractivity contribution in [3.05, 3.63) is 51.8 Å². The van der Waals surface area contributed by atoms with Gasteiger partial charge < -0.3 is 14.4 Å². The summed E-state index contributed by atoms with van der Waals surface area (Å²) in [6.45, 7) is 7.41. The molecule has 32 heavy (non-hydrogen) atoms. The predicted octanol–water partition coefficient (Wildman–Crippen LogP) is 6.48. The van der Waals surface area contributed by atoms with E-state index in [0.717, 1.165) is 16.5 Å². The van der Waals surface area contributed by atoms with Crippen LogP contribution >= 0.6 is 11.3 Å². The zero-order valence-corrected chi connectivity index (χ0v) is 20.1. The number of pyridine rings is 1. The van der Waals surface area contributed by atoms with Crippen LogP contribution in [0.25, 0.3) is 21.2 Å². The van der Waals surface area contributed by atoms with Gasteiger partial charge in [0.05, 0.1) is 11.7 Å². The molecule has 0 radical (unpaired) electrons. The number of fused-ring (bicyclic) bond motifs is 1. The Kier molecular flexibility index (Phi) is 7.10. The van der Waals surface area contributed by atoms with Crippen molar-refractivity contribution in [1.82, 2.24) is 4.57 Å². The van der Waals surface area contributed by atoms with Crippen LogP contribution in [0.15, 0.2) is 40.6 Å². The number of alkyl halides is 2. The molecule has 2 aromatic heterocycles. The largest absolute Gasteiger partial charge is 0.490 e. The number of thiophene rings is 1. The smallest absolute Gasteiger partial charge is 0.268 e. The van der Waals surface area contributed by atoms with E-state index in [1.165, 1.54) is 15.9 Å². The van der Waals surface area contributed by atoms with Gasteiger partial charge in [-0.1, -0.05) is 19.9 Å². The molecule has 0 amide bonds. The second kappa shape index (κ2) is 9.32. The maximum absolute atomic E-state index is 13.6. The van der Waals surface area contributed by atoms with Gasteiger partial charge in [0.15, 0.2) is 0 Å². The number of halogens is 2. The lowest BCUT2D eigenvalue weighted by Gasteiger charge is -2.30. The minimum Gasteiger partial charge on any atom is -0.490 e. The molecule has 0 spiro atoms. The van der Waals surface area contributed by atoms with Crippen LogP contribution in [0.3, 0.4) is 0 Å². The van der Waals surface area contributed by atoms with Crippen LogP contribution in [0, 0.1) is 0 Å². The normalized spacial score (nSPS) is 16.5. The second-order valence-corrected chi connectivity index (χ2v) is 9.48. The zero-order chi connectivity index (χ0) is 23.7. The highest BCUT2D eigenvalue weighted by molar-refractivity contribution is 7.17. The Labute approximate surface area is 191 Å². The first-order valence-electron chi connectivity index (χ1n) is 11.0. The summed E-state index contributed by atoms with van der Waals surface area (Å²) in [6.07, 6.45) is 1.71. The minimum atomic E-state index is -2.62. The van der Waals surface area contributed by atoms with Crippen molar-refractivity contribution in [2.75, 3.05) is 0 Å². The van der Waals surface area contributed by atoms with Gasteiger partial charge in [0.1, 0.15) is 10.4 Å². The molecule has 1 aliphatic rings. The van der Waals surface area contributed by atoms with E-state index in [0.29, 0.717) is 28.9 Å². The van der Waals surface area contributed by atoms with Gasteiger partial charge in [-0.05, 0) is 55.8 Å². The molecule has 4 rings (SSSR count). The zero-order valence-electron chi connectivity index (χ0n) is 19.2. The number of aliphatic hydroxyl groups is 1. The number of hydrogen-bond acceptors (Lipinski definition) is 4. The van der Waals surface area contributed by atoms with Gasteiger partial charge in [0.2, 0.25) is 5.92 Å². The quantitative estimate of drug-likeness (QED) is 0.482. The van der Waals surface area contributed by atoms with Gasteiger partial charge in [0, 0.05) is 42.6 Å². The first kappa shape index (κ1) is 24.4. The molecule has 2 heterocycles. The van der Waals surface area contributed by atoms with E-state index in [-0.39, 0.29) is 24.5 Å². The molecule has 1 aliphatic carbocycles. The number of rotatable bonds is 4. The molecule has 7 heteroatoms. The molecule has 0 atom stereocenters. The van der Waals surface area contributed by atoms with E-state index >= 15 is 0 Å². The monoisotopic (exact) mass is 463 g/mol. The number of ether oxygens (including phenoxy) is 1. The molecule has 0 bridgehead atoms. The van der Waals surface area contributed by atoms with Gasteiger partial charge in [-0.25, -0.2) is 8.78 Å². The highest BCUT2D eigenvalue weighted by atomic mass is 32.1. The summed E-state index contributed by atoms with van der Waals surface area (Å²) in [5, 5.41) is 13.2. The molecule has 0 saturated heterocycles. The van der Waals surface area contributed by atoms with Crippen LogP contribution in [-0.4, -0.2) is 21.7 Å². The number of aryl methyl sites for hydroxylation is 1. The Hall–Kier alpha value is -2.25. The third-order valence-electron chi connectivity index (χ3n) is 5.73. The topological polar surface area (TPSA) is 51.5 Å². The summed E-state index contributed by atoms with van der Waals surface area (Å²) in [4.78, 5) is 12.5. The van der Waals surface area contributed by atoms with Crippen LogP contribution in [0.5, 0.6) is 5.75 Å². The van der Waals surface area contributed by atoms with Crippen LogP contribution in [-0.2, 0) is 12.6 Å². The van der Waals surface area contributed by atoms with E-state index in [1.807, 2.05) is 31.4 Å². The fourth-order valence-electron chi connectivity index (χ4n) is 3.92. The maximum atomic E-state index is 13.6. The van der Waals surface area contributed by atoms with Crippen LogP contribution in [0.2, 0.25) is 0 Å². The number of benzene rings is 1. The Balaban J connectivity index is 0.00000141. The number of aromatic nitrogens is 1. The Bertz CT molecular complexity index is 1130. The van der Waals surface area contributed by atoms with Gasteiger partial charge in [0.25, 0.3) is 5.56 Å². The van der Waals surface area contributed by atoms with Crippen molar-refractivity contribution in [3.63, 3.8) is 0 Å². The van der Waals surface area contributed by atoms with Gasteiger partial charge in [-0.3, -0.25) is 4.79 Å². The van der Waals surface area contributed by atoms with Crippen molar-refractivity contribution in [3.8, 4) is 16.9 Å². The molecular formula is C25H31F2NO3S. The van der Waals surface area contributed by atoms with Crippen LogP contribution in [0.4, 0.5) is 8.78 Å². The summed E-state index contributed by atoms with van der Waals surface area (Å²) in [5.74, 6) is -2.04. The molecule has 1 N–H and O–H groups in total. The standard InChI is InChI=1S/C23H25F2NO3S.C2H6/c1-22(2,28)14-4-5-19(29-15-6-9-23(24,25)10-7-15)17(12-14)18-13-26(3)21(27)20-16(18)8-11-30-20;1-2/h4-5,8,11-13,15,28H,6-7,9-10H2,1-3H3;1-2H3. The van der Waals surface area contributed by atoms with Crippen molar-refractivity contribution in [2.45, 2.75) is 71.0 Å². The summed E-state index contributed by atoms with van der Waals surface area (Å²) in [5.41, 5.74) is 1.13. The molecule has 1 saturated carbocycles. The van der Waals surface area contributed by atoms with Gasteiger partial charge >= 0.3 is 0 Å². The molecule has 3 aromatic rings. The average molecular weight is 464 g/mol. The maximum Gasteiger partial charge on any atom is 0.268 e. The lowest BCUT2D eigenvalue weighted by molar-refractivity contribution is -0.0581. The number of nitrogens with zero attached hydrogens (tertiary/aromatic N) is 1. The first-order valence-corrected chi connectivity index (χ1v) is 11.9. The lowest BCUT2D eigenvalue weighted by Crippen LogP contribution is -2.30. The van der Waals surface area contributed by atoms with Crippen molar-refractivity contribution >= 4 is 21.4 Å². The van der Waals surface area contributed by atoms with Crippen molar-refractivity contribution in [1.29, 1.82) is 0 Å². The summed E-state index contributed by atoms with van der Waals surface area (Å²) in [7, 11) is 1.70.